The summed E-state index contributed by atoms with van der Waals surface area (Å²) in [6.07, 6.45) is 7.89. The molecule has 0 spiro atoms. The Morgan fingerprint density at radius 1 is 1.33 bits per heavy atom. The van der Waals surface area contributed by atoms with Crippen LogP contribution in [-0.4, -0.2) is 27.2 Å². The first-order chi connectivity index (χ1) is 8.27. The molecule has 1 aliphatic rings. The molecule has 0 amide bonds. The van der Waals surface area contributed by atoms with E-state index in [1.165, 1.54) is 0 Å². The Morgan fingerprint density at radius 2 is 1.89 bits per heavy atom. The molecule has 1 rings (SSSR count). The molecule has 1 N–H and O–H groups in total. The highest BCUT2D eigenvalue weighted by Gasteiger charge is 2.46. The molecule has 1 unspecified atom stereocenters. The fraction of sp³-hybridized carbons (Fsp3) is 0.750. The van der Waals surface area contributed by atoms with Crippen LogP contribution in [0.2, 0.25) is 0 Å². The predicted octanol–water partition coefficient (Wildman–Crippen LogP) is 3.87. The lowest BCUT2D eigenvalue weighted by molar-refractivity contribution is -0.0703. The van der Waals surface area contributed by atoms with Gasteiger partial charge in [0.05, 0.1) is 6.10 Å². The number of hydrogen-bond donors (Lipinski definition) is 1. The monoisotopic (exact) mass is 251 g/mol. The van der Waals surface area contributed by atoms with E-state index in [-0.39, 0.29) is 17.2 Å². The third kappa shape index (κ3) is 2.97. The average molecular weight is 251 g/mol. The maximum atomic E-state index is 10.2. The first-order valence-corrected chi connectivity index (χ1v) is 7.08. The molecule has 0 radical (unpaired) electrons. The molecule has 1 saturated heterocycles. The van der Waals surface area contributed by atoms with Crippen molar-refractivity contribution in [2.75, 3.05) is 0 Å². The summed E-state index contributed by atoms with van der Waals surface area (Å²) < 4.78 is 0. The van der Waals surface area contributed by atoms with Crippen molar-refractivity contribution in [2.45, 2.75) is 77.5 Å². The quantitative estimate of drug-likeness (QED) is 0.767. The largest absolute Gasteiger partial charge is 0.393 e. The average Bonchev–Trinajstić information content (AvgIpc) is 2.25. The second-order valence-corrected chi connectivity index (χ2v) is 6.34. The van der Waals surface area contributed by atoms with Crippen molar-refractivity contribution >= 4 is 0 Å². The summed E-state index contributed by atoms with van der Waals surface area (Å²) in [6.45, 7) is 14.8. The summed E-state index contributed by atoms with van der Waals surface area (Å²) in [5.41, 5.74) is 1.14. The van der Waals surface area contributed by atoms with E-state index in [0.29, 0.717) is 0 Å². The Kier molecular flexibility index (Phi) is 4.66. The minimum absolute atomic E-state index is 0.00433. The number of aliphatic hydroxyl groups is 1. The first kappa shape index (κ1) is 15.3. The zero-order valence-electron chi connectivity index (χ0n) is 12.7. The van der Waals surface area contributed by atoms with Crippen LogP contribution in [0.25, 0.3) is 0 Å². The molecule has 1 fully saturated rings. The van der Waals surface area contributed by atoms with Crippen molar-refractivity contribution in [3.8, 4) is 0 Å². The molecular formula is C16H29NO. The molecule has 0 bridgehead atoms. The molecular weight excluding hydrogens is 222 g/mol. The second-order valence-electron chi connectivity index (χ2n) is 6.34. The molecule has 0 aliphatic carbocycles. The Balaban J connectivity index is 3.13. The minimum atomic E-state index is -0.186. The van der Waals surface area contributed by atoms with Gasteiger partial charge < -0.3 is 10.0 Å². The predicted molar refractivity (Wildman–Crippen MR) is 78.4 cm³/mol. The summed E-state index contributed by atoms with van der Waals surface area (Å²) >= 11 is 0. The van der Waals surface area contributed by atoms with Gasteiger partial charge in [0.15, 0.2) is 0 Å². The normalized spacial score (nSPS) is 26.6. The van der Waals surface area contributed by atoms with E-state index in [2.05, 4.69) is 51.4 Å². The minimum Gasteiger partial charge on any atom is -0.393 e. The van der Waals surface area contributed by atoms with Gasteiger partial charge in [0.25, 0.3) is 0 Å². The highest BCUT2D eigenvalue weighted by molar-refractivity contribution is 5.15. The van der Waals surface area contributed by atoms with Gasteiger partial charge in [-0.2, -0.15) is 0 Å². The summed E-state index contributed by atoms with van der Waals surface area (Å²) in [7, 11) is 0. The van der Waals surface area contributed by atoms with Gasteiger partial charge in [-0.1, -0.05) is 26.0 Å². The maximum Gasteiger partial charge on any atom is 0.0584 e. The van der Waals surface area contributed by atoms with Crippen LogP contribution in [0.4, 0.5) is 0 Å². The summed E-state index contributed by atoms with van der Waals surface area (Å²) in [6, 6.07) is 0. The molecule has 0 aromatic heterocycles. The van der Waals surface area contributed by atoms with Crippen LogP contribution < -0.4 is 0 Å². The molecule has 18 heavy (non-hydrogen) atoms. The first-order valence-electron chi connectivity index (χ1n) is 7.08. The van der Waals surface area contributed by atoms with Gasteiger partial charge in [-0.25, -0.2) is 0 Å². The topological polar surface area (TPSA) is 23.5 Å². The summed E-state index contributed by atoms with van der Waals surface area (Å²) in [5.74, 6) is 0. The van der Waals surface area contributed by atoms with Crippen LogP contribution in [0.1, 0.15) is 60.3 Å². The zero-order chi connectivity index (χ0) is 14.0. The molecule has 0 aromatic carbocycles. The summed E-state index contributed by atoms with van der Waals surface area (Å²) in [4.78, 5) is 2.46. The van der Waals surface area contributed by atoms with Crippen molar-refractivity contribution in [1.29, 1.82) is 0 Å². The number of hydrogen-bond acceptors (Lipinski definition) is 2. The molecule has 2 nitrogen and oxygen atoms in total. The van der Waals surface area contributed by atoms with Crippen LogP contribution in [0.15, 0.2) is 24.4 Å². The Labute approximate surface area is 112 Å². The van der Waals surface area contributed by atoms with E-state index < -0.39 is 0 Å². The fourth-order valence-electron chi connectivity index (χ4n) is 3.37. The van der Waals surface area contributed by atoms with Gasteiger partial charge in [0, 0.05) is 17.3 Å². The SMILES string of the molecule is C=C(C)C=CN1C(C)(C)CC(O)CC1(CC)CC. The van der Waals surface area contributed by atoms with Crippen LogP contribution in [0, 0.1) is 0 Å². The molecule has 0 saturated carbocycles. The Bertz CT molecular complexity index is 326. The van der Waals surface area contributed by atoms with Crippen LogP contribution in [0.5, 0.6) is 0 Å². The molecule has 1 heterocycles. The highest BCUT2D eigenvalue weighted by atomic mass is 16.3. The van der Waals surface area contributed by atoms with Gasteiger partial charge >= 0.3 is 0 Å². The van der Waals surface area contributed by atoms with Crippen LogP contribution in [0.3, 0.4) is 0 Å². The van der Waals surface area contributed by atoms with E-state index >= 15 is 0 Å². The van der Waals surface area contributed by atoms with Gasteiger partial charge in [0.2, 0.25) is 0 Å². The van der Waals surface area contributed by atoms with Crippen molar-refractivity contribution in [3.63, 3.8) is 0 Å². The number of nitrogens with zero attached hydrogens (tertiary/aromatic N) is 1. The summed E-state index contributed by atoms with van der Waals surface area (Å²) in [5, 5.41) is 10.2. The Hall–Kier alpha value is -0.760. The maximum absolute atomic E-state index is 10.2. The molecule has 104 valence electrons. The lowest BCUT2D eigenvalue weighted by Crippen LogP contribution is -2.61. The van der Waals surface area contributed by atoms with Crippen molar-refractivity contribution in [1.82, 2.24) is 4.90 Å². The Morgan fingerprint density at radius 3 is 2.33 bits per heavy atom. The number of allylic oxidation sites excluding steroid dienone is 2. The van der Waals surface area contributed by atoms with Crippen molar-refractivity contribution < 1.29 is 5.11 Å². The molecule has 1 atom stereocenters. The van der Waals surface area contributed by atoms with E-state index in [4.69, 9.17) is 0 Å². The third-order valence-electron chi connectivity index (χ3n) is 4.34. The van der Waals surface area contributed by atoms with Crippen molar-refractivity contribution in [2.24, 2.45) is 0 Å². The highest BCUT2D eigenvalue weighted by Crippen LogP contribution is 2.42. The standard InChI is InChI=1S/C16H29NO/c1-7-16(8-2)12-14(18)11-15(5,6)17(16)10-9-13(3)4/h9-10,14,18H,3,7-8,11-12H2,1-2,4-6H3. The molecule has 0 aromatic rings. The van der Waals surface area contributed by atoms with Gasteiger partial charge in [0.1, 0.15) is 0 Å². The van der Waals surface area contributed by atoms with E-state index in [0.717, 1.165) is 31.3 Å². The third-order valence-corrected chi connectivity index (χ3v) is 4.34. The number of likely N-dealkylation sites (tertiary alicyclic amines) is 1. The second kappa shape index (κ2) is 5.48. The van der Waals surface area contributed by atoms with E-state index in [9.17, 15) is 5.11 Å². The van der Waals surface area contributed by atoms with Crippen molar-refractivity contribution in [3.05, 3.63) is 24.4 Å². The fourth-order valence-corrected chi connectivity index (χ4v) is 3.37. The van der Waals surface area contributed by atoms with Crippen LogP contribution in [-0.2, 0) is 0 Å². The van der Waals surface area contributed by atoms with Gasteiger partial charge in [-0.05, 0) is 52.5 Å². The number of aliphatic hydroxyl groups excluding tert-OH is 1. The molecule has 1 aliphatic heterocycles. The lowest BCUT2D eigenvalue weighted by atomic mass is 9.74. The zero-order valence-corrected chi connectivity index (χ0v) is 12.7. The van der Waals surface area contributed by atoms with E-state index in [1.807, 2.05) is 6.92 Å². The molecule has 2 heteroatoms. The smallest absolute Gasteiger partial charge is 0.0584 e. The lowest BCUT2D eigenvalue weighted by Gasteiger charge is -2.57. The number of piperidine rings is 1. The van der Waals surface area contributed by atoms with Gasteiger partial charge in [-0.15, -0.1) is 0 Å². The van der Waals surface area contributed by atoms with Crippen LogP contribution >= 0.6 is 0 Å². The van der Waals surface area contributed by atoms with E-state index in [1.54, 1.807) is 0 Å². The number of rotatable bonds is 4. The van der Waals surface area contributed by atoms with Gasteiger partial charge in [-0.3, -0.25) is 0 Å².